The summed E-state index contributed by atoms with van der Waals surface area (Å²) in [6.07, 6.45) is 4.75. The number of halogens is 3. The van der Waals surface area contributed by atoms with Gasteiger partial charge in [0.25, 0.3) is 0 Å². The Bertz CT molecular complexity index is 1130. The minimum absolute atomic E-state index is 0.0847. The Morgan fingerprint density at radius 3 is 2.87 bits per heavy atom. The average Bonchev–Trinajstić information content (AvgIpc) is 3.33. The second-order valence-corrected chi connectivity index (χ2v) is 8.28. The molecule has 3 unspecified atom stereocenters. The highest BCUT2D eigenvalue weighted by Crippen LogP contribution is 2.37. The van der Waals surface area contributed by atoms with Crippen LogP contribution in [-0.4, -0.2) is 39.9 Å². The van der Waals surface area contributed by atoms with E-state index in [0.717, 1.165) is 5.56 Å². The van der Waals surface area contributed by atoms with Gasteiger partial charge in [-0.15, -0.1) is 0 Å². The number of aromatic nitrogens is 3. The monoisotopic (exact) mass is 461 g/mol. The van der Waals surface area contributed by atoms with Crippen molar-refractivity contribution in [2.75, 3.05) is 12.3 Å². The van der Waals surface area contributed by atoms with Gasteiger partial charge in [-0.2, -0.15) is 5.10 Å². The van der Waals surface area contributed by atoms with E-state index in [0.29, 0.717) is 29.8 Å². The highest BCUT2D eigenvalue weighted by Gasteiger charge is 2.33. The molecule has 0 spiro atoms. The van der Waals surface area contributed by atoms with E-state index in [9.17, 15) is 9.50 Å². The van der Waals surface area contributed by atoms with Crippen LogP contribution in [0.25, 0.3) is 11.1 Å². The lowest BCUT2D eigenvalue weighted by atomic mass is 9.89. The minimum Gasteiger partial charge on any atom is -0.482 e. The van der Waals surface area contributed by atoms with Crippen LogP contribution in [0.3, 0.4) is 0 Å². The molecule has 31 heavy (non-hydrogen) atoms. The number of nitrogen functional groups attached to an aromatic ring is 1. The predicted molar refractivity (Wildman–Crippen MR) is 118 cm³/mol. The number of nitrogens with two attached hydrogens (primary N) is 1. The molecular formula is C20H19BCl2FN5O2. The molecule has 0 saturated carbocycles. The van der Waals surface area contributed by atoms with Crippen LogP contribution in [0.5, 0.6) is 5.75 Å². The first kappa shape index (κ1) is 21.9. The van der Waals surface area contributed by atoms with Crippen molar-refractivity contribution in [1.29, 1.82) is 0 Å². The molecule has 1 fully saturated rings. The molecule has 1 aromatic carbocycles. The Balaban J connectivity index is 1.58. The van der Waals surface area contributed by atoms with Crippen molar-refractivity contribution >= 4 is 36.9 Å². The zero-order valence-corrected chi connectivity index (χ0v) is 18.0. The zero-order chi connectivity index (χ0) is 22.3. The maximum absolute atomic E-state index is 13.9. The fourth-order valence-electron chi connectivity index (χ4n) is 3.54. The fraction of sp³-hybridized carbons (Fsp3) is 0.300. The SMILES string of the molecule is [B]C1(O)CC(n2cc(-c3cnc(N)c(OC(C)c4c(Cl)ccc(F)c4Cl)c3)cn2)CN1. The molecule has 0 aliphatic carbocycles. The van der Waals surface area contributed by atoms with E-state index in [1.165, 1.54) is 12.1 Å². The topological polar surface area (TPSA) is 98.2 Å². The second kappa shape index (κ2) is 8.31. The van der Waals surface area contributed by atoms with E-state index >= 15 is 0 Å². The molecule has 4 N–H and O–H groups in total. The van der Waals surface area contributed by atoms with Crippen LogP contribution >= 0.6 is 23.2 Å². The number of benzene rings is 1. The van der Waals surface area contributed by atoms with Crippen LogP contribution in [0.1, 0.15) is 31.1 Å². The van der Waals surface area contributed by atoms with Crippen LogP contribution in [0.15, 0.2) is 36.8 Å². The lowest BCUT2D eigenvalue weighted by Crippen LogP contribution is -2.39. The van der Waals surface area contributed by atoms with E-state index in [-0.39, 0.29) is 21.9 Å². The van der Waals surface area contributed by atoms with Gasteiger partial charge in [-0.25, -0.2) is 9.37 Å². The van der Waals surface area contributed by atoms with E-state index < -0.39 is 17.5 Å². The number of hydrogen-bond acceptors (Lipinski definition) is 6. The standard InChI is InChI=1S/C20H19BCl2FN5O2/c1-10(17-14(22)2-3-15(24)18(17)23)31-16-4-11(6-26-19(16)25)12-7-28-29(9-12)13-5-20(21,30)27-8-13/h2-4,6-7,9-10,13,27,30H,5,8H2,1H3,(H2,25,26). The lowest BCUT2D eigenvalue weighted by molar-refractivity contribution is 0.109. The van der Waals surface area contributed by atoms with Gasteiger partial charge < -0.3 is 15.6 Å². The van der Waals surface area contributed by atoms with Crippen molar-refractivity contribution < 1.29 is 14.2 Å². The third kappa shape index (κ3) is 4.50. The summed E-state index contributed by atoms with van der Waals surface area (Å²) < 4.78 is 21.6. The largest absolute Gasteiger partial charge is 0.482 e. The number of pyridine rings is 1. The summed E-state index contributed by atoms with van der Waals surface area (Å²) in [6.45, 7) is 2.19. The zero-order valence-electron chi connectivity index (χ0n) is 16.5. The predicted octanol–water partition coefficient (Wildman–Crippen LogP) is 3.46. The highest BCUT2D eigenvalue weighted by atomic mass is 35.5. The Morgan fingerprint density at radius 1 is 1.39 bits per heavy atom. The number of hydrogen-bond donors (Lipinski definition) is 3. The number of nitrogens with zero attached hydrogens (tertiary/aromatic N) is 3. The van der Waals surface area contributed by atoms with Crippen LogP contribution in [0, 0.1) is 5.82 Å². The molecule has 160 valence electrons. The summed E-state index contributed by atoms with van der Waals surface area (Å²) >= 11 is 12.3. The second-order valence-electron chi connectivity index (χ2n) is 7.50. The molecule has 3 atom stereocenters. The van der Waals surface area contributed by atoms with E-state index in [1.54, 1.807) is 30.1 Å². The third-order valence-corrected chi connectivity index (χ3v) is 5.88. The quantitative estimate of drug-likeness (QED) is 0.397. The van der Waals surface area contributed by atoms with Crippen molar-refractivity contribution in [3.8, 4) is 16.9 Å². The molecule has 2 radical (unpaired) electrons. The van der Waals surface area contributed by atoms with E-state index in [1.807, 2.05) is 6.20 Å². The van der Waals surface area contributed by atoms with Crippen molar-refractivity contribution in [2.45, 2.75) is 31.1 Å². The molecule has 2 aromatic heterocycles. The molecule has 11 heteroatoms. The molecule has 0 bridgehead atoms. The van der Waals surface area contributed by atoms with Gasteiger partial charge in [0.1, 0.15) is 19.8 Å². The Morgan fingerprint density at radius 2 is 2.16 bits per heavy atom. The third-order valence-electron chi connectivity index (χ3n) is 5.17. The maximum Gasteiger partial charge on any atom is 0.166 e. The van der Waals surface area contributed by atoms with Crippen LogP contribution < -0.4 is 15.8 Å². The lowest BCUT2D eigenvalue weighted by Gasteiger charge is -2.19. The summed E-state index contributed by atoms with van der Waals surface area (Å²) in [4.78, 5) is 4.20. The Kier molecular flexibility index (Phi) is 5.87. The smallest absolute Gasteiger partial charge is 0.166 e. The van der Waals surface area contributed by atoms with Crippen LogP contribution in [-0.2, 0) is 0 Å². The van der Waals surface area contributed by atoms with Crippen molar-refractivity contribution in [1.82, 2.24) is 20.1 Å². The number of aliphatic hydroxyl groups is 1. The first-order valence-electron chi connectivity index (χ1n) is 9.51. The molecule has 1 aliphatic heterocycles. The molecular weight excluding hydrogens is 443 g/mol. The first-order chi connectivity index (χ1) is 14.6. The average molecular weight is 462 g/mol. The maximum atomic E-state index is 13.9. The molecule has 3 aromatic rings. The number of ether oxygens (including phenoxy) is 1. The van der Waals surface area contributed by atoms with E-state index in [2.05, 4.69) is 15.4 Å². The fourth-order valence-corrected chi connectivity index (χ4v) is 4.22. The van der Waals surface area contributed by atoms with Crippen molar-refractivity contribution in [3.63, 3.8) is 0 Å². The number of nitrogens with one attached hydrogen (secondary N) is 1. The molecule has 3 heterocycles. The van der Waals surface area contributed by atoms with E-state index in [4.69, 9.17) is 41.5 Å². The summed E-state index contributed by atoms with van der Waals surface area (Å²) in [5.74, 6) is -0.123. The van der Waals surface area contributed by atoms with Crippen molar-refractivity contribution in [3.05, 3.63) is 58.2 Å². The van der Waals surface area contributed by atoms with Gasteiger partial charge in [-0.05, 0) is 25.1 Å². The van der Waals surface area contributed by atoms with Gasteiger partial charge in [0.2, 0.25) is 0 Å². The highest BCUT2D eigenvalue weighted by molar-refractivity contribution is 6.36. The van der Waals surface area contributed by atoms with Crippen LogP contribution in [0.4, 0.5) is 10.2 Å². The van der Waals surface area contributed by atoms with Gasteiger partial charge in [0.05, 0.1) is 22.9 Å². The Labute approximate surface area is 189 Å². The molecule has 1 saturated heterocycles. The summed E-state index contributed by atoms with van der Waals surface area (Å²) in [5, 5.41) is 17.3. The van der Waals surface area contributed by atoms with Gasteiger partial charge in [-0.3, -0.25) is 10.00 Å². The van der Waals surface area contributed by atoms with Gasteiger partial charge in [0.15, 0.2) is 11.6 Å². The Hall–Kier alpha value is -2.33. The molecule has 0 amide bonds. The molecule has 1 aliphatic rings. The van der Waals surface area contributed by atoms with Gasteiger partial charge in [0, 0.05) is 47.1 Å². The first-order valence-corrected chi connectivity index (χ1v) is 10.3. The minimum atomic E-state index is -1.41. The summed E-state index contributed by atoms with van der Waals surface area (Å²) in [7, 11) is 5.71. The van der Waals surface area contributed by atoms with Crippen LogP contribution in [0.2, 0.25) is 10.0 Å². The number of rotatable bonds is 5. The normalized spacial score (nSPS) is 21.9. The summed E-state index contributed by atoms with van der Waals surface area (Å²) in [5.41, 5.74) is 6.40. The molecule has 7 nitrogen and oxygen atoms in total. The van der Waals surface area contributed by atoms with Crippen molar-refractivity contribution in [2.24, 2.45) is 0 Å². The van der Waals surface area contributed by atoms with Gasteiger partial charge in [-0.1, -0.05) is 23.2 Å². The van der Waals surface area contributed by atoms with Gasteiger partial charge >= 0.3 is 0 Å². The molecule has 4 rings (SSSR count). The summed E-state index contributed by atoms with van der Waals surface area (Å²) in [6, 6.07) is 4.25. The number of anilines is 1.